The predicted molar refractivity (Wildman–Crippen MR) is 51.5 cm³/mol. The van der Waals surface area contributed by atoms with Crippen LogP contribution in [0.4, 0.5) is 0 Å². The van der Waals surface area contributed by atoms with Gasteiger partial charge < -0.3 is 0 Å². The summed E-state index contributed by atoms with van der Waals surface area (Å²) in [5.74, 6) is -0.0964. The Labute approximate surface area is 104 Å². The Morgan fingerprint density at radius 2 is 1.85 bits per heavy atom. The Bertz CT molecular complexity index is 188. The van der Waals surface area contributed by atoms with Gasteiger partial charge in [0.25, 0.3) is 10.1 Å². The van der Waals surface area contributed by atoms with Crippen LogP contribution in [0.15, 0.2) is 12.7 Å². The molecule has 0 aliphatic carbocycles. The molecule has 0 fully saturated rings. The Morgan fingerprint density at radius 3 is 2.08 bits per heavy atom. The van der Waals surface area contributed by atoms with E-state index in [2.05, 4.69) is 13.5 Å². The van der Waals surface area contributed by atoms with Crippen LogP contribution in [0, 0.1) is 6.92 Å². The van der Waals surface area contributed by atoms with Crippen LogP contribution >= 0.6 is 0 Å². The van der Waals surface area contributed by atoms with Gasteiger partial charge in [-0.25, -0.2) is 19.6 Å². The topological polar surface area (TPSA) is 54.4 Å². The van der Waals surface area contributed by atoms with E-state index in [0.29, 0.717) is 6.42 Å². The molecule has 0 radical (unpaired) electrons. The van der Waals surface area contributed by atoms with Crippen LogP contribution in [-0.4, -0.2) is 18.7 Å². The van der Waals surface area contributed by atoms with Crippen molar-refractivity contribution in [1.29, 1.82) is 0 Å². The molecule has 0 saturated heterocycles. The molecule has 0 aliphatic rings. The van der Waals surface area contributed by atoms with Gasteiger partial charge >= 0.3 is 29.6 Å². The number of unbranched alkanes of at least 4 members (excludes halogenated alkanes) is 2. The Balaban J connectivity index is -0.000000220. The molecule has 5 heteroatoms. The standard InChI is InChI=1S/C5H12O3S.C3H5.Na/c1-2-3-4-5-9(6,7)8;1-3-2;/h2-5H2,1H3,(H,6,7,8);3H,1-2H2;/q;-1;+1. The first kappa shape index (κ1) is 19.1. The van der Waals surface area contributed by atoms with Crippen LogP contribution in [0.5, 0.6) is 0 Å². The normalized spacial score (nSPS) is 9.08. The predicted octanol–water partition coefficient (Wildman–Crippen LogP) is -0.925. The van der Waals surface area contributed by atoms with Gasteiger partial charge in [-0.2, -0.15) is 8.42 Å². The Hall–Kier alpha value is 0.520. The molecule has 0 aromatic carbocycles. The number of hydrogen-bond acceptors (Lipinski definition) is 2. The van der Waals surface area contributed by atoms with Crippen molar-refractivity contribution in [3.8, 4) is 0 Å². The molecule has 13 heavy (non-hydrogen) atoms. The third-order valence-electron chi connectivity index (χ3n) is 1.01. The fraction of sp³-hybridized carbons (Fsp3) is 0.625. The zero-order valence-corrected chi connectivity index (χ0v) is 11.3. The fourth-order valence-corrected chi connectivity index (χ4v) is 1.10. The second-order valence-corrected chi connectivity index (χ2v) is 3.85. The van der Waals surface area contributed by atoms with Crippen LogP contribution in [0.25, 0.3) is 0 Å². The van der Waals surface area contributed by atoms with Crippen molar-refractivity contribution in [2.24, 2.45) is 0 Å². The molecule has 0 aromatic rings. The van der Waals surface area contributed by atoms with Gasteiger partial charge in [0.2, 0.25) is 0 Å². The first-order valence-electron chi connectivity index (χ1n) is 3.83. The molecule has 0 spiro atoms. The summed E-state index contributed by atoms with van der Waals surface area (Å²) in [6, 6.07) is 0. The third kappa shape index (κ3) is 32.6. The van der Waals surface area contributed by atoms with Crippen molar-refractivity contribution < 1.29 is 42.5 Å². The summed E-state index contributed by atoms with van der Waals surface area (Å²) in [4.78, 5) is 0. The fourth-order valence-electron chi connectivity index (χ4n) is 0.534. The summed E-state index contributed by atoms with van der Waals surface area (Å²) in [5.41, 5.74) is 0. The van der Waals surface area contributed by atoms with Crippen LogP contribution < -0.4 is 29.6 Å². The van der Waals surface area contributed by atoms with Gasteiger partial charge in [0.1, 0.15) is 0 Å². The van der Waals surface area contributed by atoms with Crippen molar-refractivity contribution in [3.05, 3.63) is 19.6 Å². The Morgan fingerprint density at radius 1 is 1.46 bits per heavy atom. The van der Waals surface area contributed by atoms with Gasteiger partial charge in [0.15, 0.2) is 0 Å². The average Bonchev–Trinajstić information content (AvgIpc) is 1.87. The van der Waals surface area contributed by atoms with Crippen LogP contribution in [-0.2, 0) is 10.1 Å². The Kier molecular flexibility index (Phi) is 18.4. The number of hydrogen-bond donors (Lipinski definition) is 1. The molecular weight excluding hydrogens is 199 g/mol. The summed E-state index contributed by atoms with van der Waals surface area (Å²) in [6.45, 7) is 8.48. The largest absolute Gasteiger partial charge is 1.00 e. The minimum Gasteiger partial charge on any atom is -0.286 e. The molecule has 0 aromatic heterocycles. The molecule has 1 N–H and O–H groups in total. The van der Waals surface area contributed by atoms with Crippen LogP contribution in [0.3, 0.4) is 0 Å². The summed E-state index contributed by atoms with van der Waals surface area (Å²) in [6.07, 6.45) is 3.89. The van der Waals surface area contributed by atoms with Crippen molar-refractivity contribution in [3.63, 3.8) is 0 Å². The van der Waals surface area contributed by atoms with Gasteiger partial charge in [0.05, 0.1) is 5.75 Å². The van der Waals surface area contributed by atoms with Crippen molar-refractivity contribution in [2.75, 3.05) is 5.75 Å². The van der Waals surface area contributed by atoms with E-state index in [1.807, 2.05) is 6.92 Å². The number of allylic oxidation sites excluding steroid dienone is 1. The van der Waals surface area contributed by atoms with Gasteiger partial charge in [0, 0.05) is 0 Å². The SMILES string of the molecule is C=C[CH2-].CCCCCS(=O)(=O)O.[Na+]. The van der Waals surface area contributed by atoms with Crippen molar-refractivity contribution in [2.45, 2.75) is 26.2 Å². The van der Waals surface area contributed by atoms with E-state index in [1.54, 1.807) is 0 Å². The summed E-state index contributed by atoms with van der Waals surface area (Å²) >= 11 is 0. The van der Waals surface area contributed by atoms with Gasteiger partial charge in [-0.05, 0) is 6.42 Å². The third-order valence-corrected chi connectivity index (χ3v) is 1.81. The smallest absolute Gasteiger partial charge is 0.286 e. The molecule has 74 valence electrons. The van der Waals surface area contributed by atoms with Crippen LogP contribution in [0.1, 0.15) is 26.2 Å². The molecular formula is C8H17NaO3S. The first-order valence-corrected chi connectivity index (χ1v) is 5.44. The minimum absolute atomic E-state index is 0. The van der Waals surface area contributed by atoms with Crippen molar-refractivity contribution in [1.82, 2.24) is 0 Å². The monoisotopic (exact) mass is 216 g/mol. The van der Waals surface area contributed by atoms with Gasteiger partial charge in [-0.15, -0.1) is 0 Å². The number of rotatable bonds is 4. The second-order valence-electron chi connectivity index (χ2n) is 2.28. The second kappa shape index (κ2) is 12.5. The van der Waals surface area contributed by atoms with Crippen molar-refractivity contribution >= 4 is 10.1 Å². The molecule has 3 nitrogen and oxygen atoms in total. The molecule has 0 aliphatic heterocycles. The van der Waals surface area contributed by atoms with Gasteiger partial charge in [-0.3, -0.25) is 4.55 Å². The first-order chi connectivity index (χ1) is 5.47. The van der Waals surface area contributed by atoms with E-state index in [9.17, 15) is 8.42 Å². The van der Waals surface area contributed by atoms with E-state index >= 15 is 0 Å². The van der Waals surface area contributed by atoms with E-state index < -0.39 is 10.1 Å². The maximum atomic E-state index is 10.1. The molecule has 0 saturated carbocycles. The molecule has 0 bridgehead atoms. The maximum absolute atomic E-state index is 10.1. The molecule has 0 rings (SSSR count). The molecule has 0 unspecified atom stereocenters. The molecule has 0 atom stereocenters. The quantitative estimate of drug-likeness (QED) is 0.286. The summed E-state index contributed by atoms with van der Waals surface area (Å²) in [7, 11) is -3.70. The average molecular weight is 216 g/mol. The molecule has 0 heterocycles. The van der Waals surface area contributed by atoms with Crippen LogP contribution in [0.2, 0.25) is 0 Å². The zero-order valence-electron chi connectivity index (χ0n) is 8.49. The van der Waals surface area contributed by atoms with E-state index in [0.717, 1.165) is 12.8 Å². The van der Waals surface area contributed by atoms with Gasteiger partial charge in [-0.1, -0.05) is 19.8 Å². The molecule has 0 amide bonds. The van der Waals surface area contributed by atoms with E-state index in [-0.39, 0.29) is 35.3 Å². The maximum Gasteiger partial charge on any atom is 1.00 e. The zero-order chi connectivity index (χ0) is 10.0. The van der Waals surface area contributed by atoms with E-state index in [1.165, 1.54) is 6.08 Å². The summed E-state index contributed by atoms with van der Waals surface area (Å²) < 4.78 is 28.3. The summed E-state index contributed by atoms with van der Waals surface area (Å²) in [5, 5.41) is 0. The minimum atomic E-state index is -3.70. The van der Waals surface area contributed by atoms with E-state index in [4.69, 9.17) is 4.55 Å².